The fraction of sp³-hybridized carbons (Fsp3) is 0.800. The second kappa shape index (κ2) is 4.82. The van der Waals surface area contributed by atoms with Crippen molar-refractivity contribution in [2.45, 2.75) is 27.7 Å². The molecule has 0 aromatic rings. The molecule has 0 heterocycles. The second-order valence-electron chi connectivity index (χ2n) is 4.06. The van der Waals surface area contributed by atoms with Crippen LogP contribution in [0.15, 0.2) is 12.7 Å². The van der Waals surface area contributed by atoms with Crippen molar-refractivity contribution in [3.05, 3.63) is 12.7 Å². The van der Waals surface area contributed by atoms with Gasteiger partial charge in [-0.25, -0.2) is 0 Å². The Kier molecular flexibility index (Phi) is 4.79. The third-order valence-electron chi connectivity index (χ3n) is 2.92. The van der Waals surface area contributed by atoms with Crippen molar-refractivity contribution in [1.82, 2.24) is 0 Å². The average molecular weight is 186 g/mol. The van der Waals surface area contributed by atoms with E-state index >= 15 is 0 Å². The van der Waals surface area contributed by atoms with Crippen molar-refractivity contribution in [3.63, 3.8) is 0 Å². The molecule has 0 atom stereocenters. The predicted molar refractivity (Wildman–Crippen MR) is 58.2 cm³/mol. The molecule has 12 heavy (non-hydrogen) atoms. The molecule has 0 aromatic heterocycles. The molecular weight excluding hydrogens is 164 g/mol. The topological polar surface area (TPSA) is 9.23 Å². The quantitative estimate of drug-likeness (QED) is 0.470. The van der Waals surface area contributed by atoms with Crippen LogP contribution < -0.4 is 0 Å². The Hall–Kier alpha value is -0.0831. The lowest BCUT2D eigenvalue weighted by Gasteiger charge is -2.38. The Balaban J connectivity index is 4.63. The molecule has 72 valence electrons. The Morgan fingerprint density at radius 1 is 1.33 bits per heavy atom. The predicted octanol–water partition coefficient (Wildman–Crippen LogP) is 1.77. The van der Waals surface area contributed by atoms with Crippen LogP contribution in [-0.2, 0) is 4.43 Å². The Bertz CT molecular complexity index is 133. The van der Waals surface area contributed by atoms with E-state index in [0.717, 1.165) is 17.1 Å². The Labute approximate surface area is 79.7 Å². The van der Waals surface area contributed by atoms with E-state index in [1.807, 2.05) is 0 Å². The molecule has 0 spiro atoms. The molecule has 0 amide bonds. The fourth-order valence-corrected chi connectivity index (χ4v) is 2.28. The molecule has 0 radical (unpaired) electrons. The minimum Gasteiger partial charge on any atom is -0.427 e. The number of hydrogen-bond acceptors (Lipinski definition) is 1. The van der Waals surface area contributed by atoms with Gasteiger partial charge in [0, 0.05) is 12.0 Å². The molecule has 0 saturated heterocycles. The van der Waals surface area contributed by atoms with E-state index in [0.29, 0.717) is 11.8 Å². The smallest absolute Gasteiger partial charge is 0.146 e. The fourth-order valence-electron chi connectivity index (χ4n) is 1.78. The van der Waals surface area contributed by atoms with Crippen molar-refractivity contribution >= 4 is 10.5 Å². The summed E-state index contributed by atoms with van der Waals surface area (Å²) in [6, 6.07) is 0. The summed E-state index contributed by atoms with van der Waals surface area (Å²) in [4.78, 5) is 0. The summed E-state index contributed by atoms with van der Waals surface area (Å²) >= 11 is 0. The maximum absolute atomic E-state index is 5.39. The van der Waals surface area contributed by atoms with Crippen LogP contribution in [0.25, 0.3) is 0 Å². The molecule has 2 heteroatoms. The maximum Gasteiger partial charge on any atom is 0.146 e. The van der Waals surface area contributed by atoms with E-state index in [1.54, 1.807) is 0 Å². The highest BCUT2D eigenvalue weighted by molar-refractivity contribution is 5.97. The number of hydrogen-bond donors (Lipinski definition) is 0. The van der Waals surface area contributed by atoms with Gasteiger partial charge >= 0.3 is 0 Å². The second-order valence-corrected chi connectivity index (χ2v) is 4.64. The van der Waals surface area contributed by atoms with Crippen molar-refractivity contribution in [2.75, 3.05) is 6.61 Å². The van der Waals surface area contributed by atoms with E-state index in [9.17, 15) is 0 Å². The zero-order valence-corrected chi connectivity index (χ0v) is 11.1. The first kappa shape index (κ1) is 11.9. The van der Waals surface area contributed by atoms with Crippen molar-refractivity contribution in [1.29, 1.82) is 0 Å². The van der Waals surface area contributed by atoms with E-state index in [2.05, 4.69) is 40.3 Å². The Morgan fingerprint density at radius 2 is 1.75 bits per heavy atom. The lowest BCUT2D eigenvalue weighted by molar-refractivity contribution is 0.0978. The van der Waals surface area contributed by atoms with Crippen LogP contribution >= 0.6 is 0 Å². The number of rotatable bonds is 5. The highest BCUT2D eigenvalue weighted by atomic mass is 28.2. The molecule has 0 aliphatic carbocycles. The highest BCUT2D eigenvalue weighted by Gasteiger charge is 2.33. The monoisotopic (exact) mass is 186 g/mol. The molecule has 0 saturated carbocycles. The lowest BCUT2D eigenvalue weighted by atomic mass is 9.70. The van der Waals surface area contributed by atoms with E-state index < -0.39 is 0 Å². The van der Waals surface area contributed by atoms with Gasteiger partial charge in [-0.15, -0.1) is 6.58 Å². The standard InChI is InChI=1S/C10H22OSi/c1-6-10(7-11-12,8(2)3)9(4)5/h6,8-9H,1,7H2,2-5,12H3. The molecule has 0 aliphatic heterocycles. The average Bonchev–Trinajstić information content (AvgIpc) is 1.98. The van der Waals surface area contributed by atoms with Crippen LogP contribution in [0.4, 0.5) is 0 Å². The van der Waals surface area contributed by atoms with Crippen LogP contribution in [0, 0.1) is 17.3 Å². The van der Waals surface area contributed by atoms with Crippen LogP contribution in [0.3, 0.4) is 0 Å². The van der Waals surface area contributed by atoms with Gasteiger partial charge in [-0.2, -0.15) is 0 Å². The summed E-state index contributed by atoms with van der Waals surface area (Å²) in [5.74, 6) is 1.20. The van der Waals surface area contributed by atoms with Gasteiger partial charge in [-0.3, -0.25) is 0 Å². The van der Waals surface area contributed by atoms with Gasteiger partial charge in [-0.1, -0.05) is 33.8 Å². The van der Waals surface area contributed by atoms with E-state index in [4.69, 9.17) is 4.43 Å². The van der Waals surface area contributed by atoms with Gasteiger partial charge in [0.05, 0.1) is 0 Å². The first-order chi connectivity index (χ1) is 5.51. The van der Waals surface area contributed by atoms with Gasteiger partial charge in [0.2, 0.25) is 0 Å². The van der Waals surface area contributed by atoms with Gasteiger partial charge < -0.3 is 4.43 Å². The molecule has 0 rings (SSSR count). The van der Waals surface area contributed by atoms with Crippen LogP contribution in [-0.4, -0.2) is 17.1 Å². The molecule has 0 bridgehead atoms. The minimum absolute atomic E-state index is 0.168. The van der Waals surface area contributed by atoms with Gasteiger partial charge in [0.25, 0.3) is 0 Å². The van der Waals surface area contributed by atoms with E-state index in [-0.39, 0.29) is 5.41 Å². The highest BCUT2D eigenvalue weighted by Crippen LogP contribution is 2.37. The SMILES string of the molecule is C=CC(CO[SiH3])(C(C)C)C(C)C. The summed E-state index contributed by atoms with van der Waals surface area (Å²) in [6.07, 6.45) is 2.07. The van der Waals surface area contributed by atoms with Crippen LogP contribution in [0.1, 0.15) is 27.7 Å². The van der Waals surface area contributed by atoms with Gasteiger partial charge in [0.1, 0.15) is 10.5 Å². The zero-order valence-electron chi connectivity index (χ0n) is 9.05. The third kappa shape index (κ3) is 2.20. The van der Waals surface area contributed by atoms with Crippen molar-refractivity contribution in [2.24, 2.45) is 17.3 Å². The maximum atomic E-state index is 5.39. The summed E-state index contributed by atoms with van der Waals surface area (Å²) in [6.45, 7) is 13.7. The van der Waals surface area contributed by atoms with Crippen LogP contribution in [0.5, 0.6) is 0 Å². The first-order valence-corrected chi connectivity index (χ1v) is 5.45. The Morgan fingerprint density at radius 3 is 1.83 bits per heavy atom. The normalized spacial score (nSPS) is 12.8. The molecular formula is C10H22OSi. The van der Waals surface area contributed by atoms with E-state index in [1.165, 1.54) is 0 Å². The molecule has 0 aliphatic rings. The first-order valence-electron chi connectivity index (χ1n) is 4.63. The van der Waals surface area contributed by atoms with Crippen molar-refractivity contribution in [3.8, 4) is 0 Å². The summed E-state index contributed by atoms with van der Waals surface area (Å²) in [5, 5.41) is 0. The lowest BCUT2D eigenvalue weighted by Crippen LogP contribution is -2.35. The summed E-state index contributed by atoms with van der Waals surface area (Å²) in [5.41, 5.74) is 0.168. The molecule has 0 fully saturated rings. The molecule has 0 unspecified atom stereocenters. The van der Waals surface area contributed by atoms with Gasteiger partial charge in [0.15, 0.2) is 0 Å². The third-order valence-corrected chi connectivity index (χ3v) is 3.21. The minimum atomic E-state index is 0.168. The largest absolute Gasteiger partial charge is 0.427 e. The van der Waals surface area contributed by atoms with Crippen molar-refractivity contribution < 1.29 is 4.43 Å². The molecule has 1 nitrogen and oxygen atoms in total. The van der Waals surface area contributed by atoms with Crippen LogP contribution in [0.2, 0.25) is 0 Å². The molecule has 0 N–H and O–H groups in total. The zero-order chi connectivity index (χ0) is 9.78. The summed E-state index contributed by atoms with van der Waals surface area (Å²) in [7, 11) is 0.818. The molecule has 0 aromatic carbocycles. The van der Waals surface area contributed by atoms with Gasteiger partial charge in [-0.05, 0) is 11.8 Å². The summed E-state index contributed by atoms with van der Waals surface area (Å²) < 4.78 is 5.39.